The molecule has 0 bridgehead atoms. The van der Waals surface area contributed by atoms with Crippen molar-refractivity contribution >= 4 is 17.2 Å². The van der Waals surface area contributed by atoms with Crippen LogP contribution >= 0.6 is 11.3 Å². The van der Waals surface area contributed by atoms with Crippen molar-refractivity contribution in [3.8, 4) is 10.8 Å². The van der Waals surface area contributed by atoms with Crippen LogP contribution in [0, 0.1) is 5.82 Å². The summed E-state index contributed by atoms with van der Waals surface area (Å²) in [7, 11) is 0. The van der Waals surface area contributed by atoms with Gasteiger partial charge in [0.25, 0.3) is 5.89 Å². The first-order valence-corrected chi connectivity index (χ1v) is 10.9. The molecule has 1 aliphatic heterocycles. The molecule has 0 saturated carbocycles. The summed E-state index contributed by atoms with van der Waals surface area (Å²) in [6.07, 6.45) is 5.11. The van der Waals surface area contributed by atoms with E-state index >= 15 is 0 Å². The highest BCUT2D eigenvalue weighted by Crippen LogP contribution is 2.37. The third-order valence-electron chi connectivity index (χ3n) is 5.99. The standard InChI is InChI=1S/C22H22FN3O2S/c1-13(14-6-8-17(23)9-7-14)26-12-16(11-20(26)27)21-24-22(28-25-21)19-10-15-4-2-3-5-18(15)29-19/h6-10,13,16H,2-5,11-12H2,1H3. The van der Waals surface area contributed by atoms with Gasteiger partial charge in [-0.3, -0.25) is 4.79 Å². The summed E-state index contributed by atoms with van der Waals surface area (Å²) in [6.45, 7) is 2.50. The molecule has 0 spiro atoms. The average Bonchev–Trinajstić information content (AvgIpc) is 3.45. The van der Waals surface area contributed by atoms with E-state index in [0.29, 0.717) is 24.7 Å². The maximum Gasteiger partial charge on any atom is 0.268 e. The van der Waals surface area contributed by atoms with Crippen molar-refractivity contribution in [2.75, 3.05) is 6.54 Å². The van der Waals surface area contributed by atoms with Crippen LogP contribution in [0.2, 0.25) is 0 Å². The van der Waals surface area contributed by atoms with Crippen LogP contribution < -0.4 is 0 Å². The average molecular weight is 412 g/mol. The van der Waals surface area contributed by atoms with Gasteiger partial charge in [-0.05, 0) is 61.9 Å². The molecule has 1 aliphatic carbocycles. The number of halogens is 1. The molecule has 5 nitrogen and oxygen atoms in total. The molecular formula is C22H22FN3O2S. The van der Waals surface area contributed by atoms with Crippen LogP contribution in [-0.4, -0.2) is 27.5 Å². The summed E-state index contributed by atoms with van der Waals surface area (Å²) < 4.78 is 18.7. The fourth-order valence-corrected chi connectivity index (χ4v) is 5.47. The molecule has 0 radical (unpaired) electrons. The minimum absolute atomic E-state index is 0.0600. The van der Waals surface area contributed by atoms with Crippen LogP contribution in [0.3, 0.4) is 0 Å². The number of rotatable bonds is 4. The lowest BCUT2D eigenvalue weighted by Gasteiger charge is -2.25. The number of carbonyl (C=O) groups excluding carboxylic acids is 1. The summed E-state index contributed by atoms with van der Waals surface area (Å²) in [5.74, 6) is 0.841. The molecule has 1 saturated heterocycles. The molecule has 5 rings (SSSR count). The van der Waals surface area contributed by atoms with E-state index in [1.165, 1.54) is 35.4 Å². The number of likely N-dealkylation sites (tertiary alicyclic amines) is 1. The highest BCUT2D eigenvalue weighted by molar-refractivity contribution is 7.15. The Kier molecular flexibility index (Phi) is 4.70. The Labute approximate surface area is 172 Å². The van der Waals surface area contributed by atoms with Crippen LogP contribution in [0.5, 0.6) is 0 Å². The lowest BCUT2D eigenvalue weighted by atomic mass is 9.99. The van der Waals surface area contributed by atoms with Gasteiger partial charge < -0.3 is 9.42 Å². The SMILES string of the molecule is CC(c1ccc(F)cc1)N1CC(c2noc(-c3cc4c(s3)CCCC4)n2)CC1=O. The first-order valence-electron chi connectivity index (χ1n) is 10.1. The zero-order chi connectivity index (χ0) is 20.0. The van der Waals surface area contributed by atoms with Crippen LogP contribution in [0.4, 0.5) is 4.39 Å². The topological polar surface area (TPSA) is 59.2 Å². The van der Waals surface area contributed by atoms with E-state index in [4.69, 9.17) is 4.52 Å². The summed E-state index contributed by atoms with van der Waals surface area (Å²) in [4.78, 5) is 21.5. The van der Waals surface area contributed by atoms with Crippen LogP contribution in [-0.2, 0) is 17.6 Å². The molecular weight excluding hydrogens is 389 g/mol. The second-order valence-corrected chi connectivity index (χ2v) is 9.04. The monoisotopic (exact) mass is 411 g/mol. The maximum absolute atomic E-state index is 13.2. The first-order chi connectivity index (χ1) is 14.1. The number of hydrogen-bond acceptors (Lipinski definition) is 5. The van der Waals surface area contributed by atoms with Gasteiger partial charge in [0.05, 0.1) is 10.9 Å². The second-order valence-electron chi connectivity index (χ2n) is 7.90. The second kappa shape index (κ2) is 7.37. The molecule has 3 aromatic rings. The number of aryl methyl sites for hydroxylation is 2. The minimum Gasteiger partial charge on any atom is -0.335 e. The van der Waals surface area contributed by atoms with Gasteiger partial charge in [-0.1, -0.05) is 17.3 Å². The van der Waals surface area contributed by atoms with E-state index in [-0.39, 0.29) is 23.7 Å². The smallest absolute Gasteiger partial charge is 0.268 e. The number of aromatic nitrogens is 2. The van der Waals surface area contributed by atoms with Crippen molar-refractivity contribution in [2.24, 2.45) is 0 Å². The molecule has 0 N–H and O–H groups in total. The largest absolute Gasteiger partial charge is 0.335 e. The van der Waals surface area contributed by atoms with Crippen molar-refractivity contribution in [1.29, 1.82) is 0 Å². The van der Waals surface area contributed by atoms with Gasteiger partial charge >= 0.3 is 0 Å². The number of amides is 1. The normalized spacial score (nSPS) is 20.1. The van der Waals surface area contributed by atoms with Crippen molar-refractivity contribution in [2.45, 2.75) is 51.0 Å². The van der Waals surface area contributed by atoms with Crippen LogP contribution in [0.25, 0.3) is 10.8 Å². The number of carbonyl (C=O) groups is 1. The third kappa shape index (κ3) is 3.48. The van der Waals surface area contributed by atoms with E-state index in [9.17, 15) is 9.18 Å². The van der Waals surface area contributed by atoms with Crippen LogP contribution in [0.1, 0.15) is 60.0 Å². The number of fused-ring (bicyclic) bond motifs is 1. The lowest BCUT2D eigenvalue weighted by Crippen LogP contribution is -2.28. The van der Waals surface area contributed by atoms with E-state index < -0.39 is 0 Å². The Bertz CT molecular complexity index is 1020. The number of nitrogens with zero attached hydrogens (tertiary/aromatic N) is 3. The molecule has 3 heterocycles. The predicted octanol–water partition coefficient (Wildman–Crippen LogP) is 4.89. The molecule has 1 aromatic carbocycles. The Balaban J connectivity index is 1.33. The van der Waals surface area contributed by atoms with Crippen molar-refractivity contribution in [1.82, 2.24) is 15.0 Å². The fourth-order valence-electron chi connectivity index (χ4n) is 4.30. The van der Waals surface area contributed by atoms with E-state index in [1.54, 1.807) is 23.5 Å². The lowest BCUT2D eigenvalue weighted by molar-refractivity contribution is -0.129. The molecule has 29 heavy (non-hydrogen) atoms. The molecule has 7 heteroatoms. The Morgan fingerprint density at radius 3 is 2.83 bits per heavy atom. The van der Waals surface area contributed by atoms with Gasteiger partial charge in [-0.15, -0.1) is 11.3 Å². The van der Waals surface area contributed by atoms with Crippen molar-refractivity contribution < 1.29 is 13.7 Å². The number of hydrogen-bond donors (Lipinski definition) is 0. The predicted molar refractivity (Wildman–Crippen MR) is 108 cm³/mol. The number of thiophene rings is 1. The summed E-state index contributed by atoms with van der Waals surface area (Å²) in [6, 6.07) is 8.37. The quantitative estimate of drug-likeness (QED) is 0.613. The summed E-state index contributed by atoms with van der Waals surface area (Å²) >= 11 is 1.74. The number of benzene rings is 1. The first kappa shape index (κ1) is 18.5. The van der Waals surface area contributed by atoms with Crippen molar-refractivity contribution in [3.63, 3.8) is 0 Å². The zero-order valence-electron chi connectivity index (χ0n) is 16.2. The summed E-state index contributed by atoms with van der Waals surface area (Å²) in [5.41, 5.74) is 2.32. The zero-order valence-corrected chi connectivity index (χ0v) is 17.0. The maximum atomic E-state index is 13.2. The van der Waals surface area contributed by atoms with Gasteiger partial charge in [-0.25, -0.2) is 4.39 Å². The molecule has 2 atom stereocenters. The Hall–Kier alpha value is -2.54. The fraction of sp³-hybridized carbons (Fsp3) is 0.409. The molecule has 2 unspecified atom stereocenters. The van der Waals surface area contributed by atoms with Crippen molar-refractivity contribution in [3.05, 3.63) is 58.0 Å². The molecule has 2 aliphatic rings. The Morgan fingerprint density at radius 2 is 2.03 bits per heavy atom. The van der Waals surface area contributed by atoms with E-state index in [2.05, 4.69) is 16.2 Å². The van der Waals surface area contributed by atoms with Gasteiger partial charge in [0, 0.05) is 23.8 Å². The Morgan fingerprint density at radius 1 is 1.24 bits per heavy atom. The molecule has 2 aromatic heterocycles. The highest BCUT2D eigenvalue weighted by atomic mass is 32.1. The van der Waals surface area contributed by atoms with Crippen LogP contribution in [0.15, 0.2) is 34.9 Å². The van der Waals surface area contributed by atoms with Gasteiger partial charge in [0.2, 0.25) is 5.91 Å². The van der Waals surface area contributed by atoms with Gasteiger partial charge in [0.1, 0.15) is 5.82 Å². The van der Waals surface area contributed by atoms with E-state index in [0.717, 1.165) is 23.3 Å². The minimum atomic E-state index is -0.277. The summed E-state index contributed by atoms with van der Waals surface area (Å²) in [5, 5.41) is 4.19. The van der Waals surface area contributed by atoms with Gasteiger partial charge in [0.15, 0.2) is 5.82 Å². The highest BCUT2D eigenvalue weighted by Gasteiger charge is 2.36. The molecule has 150 valence electrons. The van der Waals surface area contributed by atoms with Gasteiger partial charge in [-0.2, -0.15) is 4.98 Å². The van der Waals surface area contributed by atoms with E-state index in [1.807, 2.05) is 11.8 Å². The third-order valence-corrected chi connectivity index (χ3v) is 7.22. The molecule has 1 amide bonds. The molecule has 1 fully saturated rings.